The second-order valence-corrected chi connectivity index (χ2v) is 12.8. The van der Waals surface area contributed by atoms with E-state index in [1.165, 1.54) is 35.0 Å². The van der Waals surface area contributed by atoms with Crippen molar-refractivity contribution in [1.82, 2.24) is 25.2 Å². The minimum absolute atomic E-state index is 0.0461. The van der Waals surface area contributed by atoms with Gasteiger partial charge in [0.25, 0.3) is 11.8 Å². The van der Waals surface area contributed by atoms with Crippen LogP contribution in [0.5, 0.6) is 11.5 Å². The number of carbonyl (C=O) groups excluding carboxylic acids is 2. The summed E-state index contributed by atoms with van der Waals surface area (Å²) in [6, 6.07) is 3.17. The number of phenols is 1. The van der Waals surface area contributed by atoms with E-state index in [4.69, 9.17) is 22.0 Å². The number of phenolic OH excluding ortho intramolecular Hbond substituents is 1. The summed E-state index contributed by atoms with van der Waals surface area (Å²) in [6.45, 7) is 0. The number of allylic oxidation sites excluding steroid dienone is 1. The smallest absolute Gasteiger partial charge is 0.352 e. The van der Waals surface area contributed by atoms with Crippen LogP contribution in [0, 0.1) is 0 Å². The third-order valence-corrected chi connectivity index (χ3v) is 9.37. The molecule has 1 aromatic carbocycles. The molecule has 18 nitrogen and oxygen atoms in total. The fraction of sp³-hybridized carbons (Fsp3) is 0.185. The number of hydrogen-bond acceptors (Lipinski definition) is 17. The van der Waals surface area contributed by atoms with Crippen molar-refractivity contribution >= 4 is 81.1 Å². The van der Waals surface area contributed by atoms with E-state index in [1.54, 1.807) is 12.2 Å². The van der Waals surface area contributed by atoms with E-state index in [2.05, 4.69) is 25.4 Å². The van der Waals surface area contributed by atoms with Gasteiger partial charge in [-0.05, 0) is 11.6 Å². The molecule has 4 heterocycles. The number of benzene rings is 1. The Morgan fingerprint density at radius 3 is 2.54 bits per heavy atom. The largest absolute Gasteiger partial charge is 0.870 e. The van der Waals surface area contributed by atoms with Crippen LogP contribution < -0.4 is 27.6 Å². The number of carbonyl (C=O) groups is 4. The molecular formula is C27H24N9O9S3-. The van der Waals surface area contributed by atoms with Gasteiger partial charge >= 0.3 is 11.9 Å². The molecule has 2 aliphatic rings. The minimum atomic E-state index is -1.85. The molecule has 0 bridgehead atoms. The van der Waals surface area contributed by atoms with Crippen LogP contribution in [-0.2, 0) is 24.0 Å². The van der Waals surface area contributed by atoms with Gasteiger partial charge in [0, 0.05) is 28.5 Å². The van der Waals surface area contributed by atoms with Crippen LogP contribution in [0.2, 0.25) is 0 Å². The maximum atomic E-state index is 13.4. The fourth-order valence-corrected chi connectivity index (χ4v) is 7.02. The van der Waals surface area contributed by atoms with Crippen LogP contribution in [0.1, 0.15) is 17.4 Å². The number of nitrogens with one attached hydrogen (secondary N) is 1. The number of hydrogen-bond donors (Lipinski definition) is 7. The highest BCUT2D eigenvalue weighted by molar-refractivity contribution is 8.00. The summed E-state index contributed by atoms with van der Waals surface area (Å²) in [5.41, 5.74) is 16.4. The summed E-state index contributed by atoms with van der Waals surface area (Å²) in [4.78, 5) is 69.2. The number of aromatic nitrogens is 3. The quantitative estimate of drug-likeness (QED) is 0.0430. The lowest BCUT2D eigenvalue weighted by Gasteiger charge is -2.49. The van der Waals surface area contributed by atoms with Crippen molar-refractivity contribution in [3.63, 3.8) is 0 Å². The lowest BCUT2D eigenvalue weighted by atomic mass is 10.0. The summed E-state index contributed by atoms with van der Waals surface area (Å²) in [6.07, 6.45) is 1.40. The molecule has 48 heavy (non-hydrogen) atoms. The molecule has 0 unspecified atom stereocenters. The van der Waals surface area contributed by atoms with Gasteiger partial charge in [0.1, 0.15) is 40.2 Å². The number of thioether (sulfide) groups is 2. The molecule has 0 aliphatic carbocycles. The summed E-state index contributed by atoms with van der Waals surface area (Å²) >= 11 is 3.37. The van der Waals surface area contributed by atoms with Crippen LogP contribution in [-0.4, -0.2) is 87.6 Å². The number of amides is 2. The van der Waals surface area contributed by atoms with Crippen molar-refractivity contribution in [1.29, 1.82) is 0 Å². The molecular weight excluding hydrogens is 691 g/mol. The van der Waals surface area contributed by atoms with Crippen molar-refractivity contribution in [2.75, 3.05) is 28.7 Å². The molecule has 2 aromatic heterocycles. The number of rotatable bonds is 12. The summed E-state index contributed by atoms with van der Waals surface area (Å²) in [7, 11) is 0. The van der Waals surface area contributed by atoms with Crippen LogP contribution in [0.25, 0.3) is 0 Å². The van der Waals surface area contributed by atoms with Gasteiger partial charge in [-0.25, -0.2) is 24.5 Å². The predicted molar refractivity (Wildman–Crippen MR) is 172 cm³/mol. The Morgan fingerprint density at radius 2 is 1.92 bits per heavy atom. The first kappa shape index (κ1) is 33.8. The predicted octanol–water partition coefficient (Wildman–Crippen LogP) is 0.0926. The number of nitrogens with two attached hydrogens (primary N) is 3. The van der Waals surface area contributed by atoms with E-state index in [0.29, 0.717) is 16.5 Å². The number of nitrogen functional groups attached to an aromatic ring is 3. The number of anilines is 3. The van der Waals surface area contributed by atoms with Crippen LogP contribution in [0.15, 0.2) is 63.4 Å². The van der Waals surface area contributed by atoms with Crippen molar-refractivity contribution in [2.45, 2.75) is 22.7 Å². The van der Waals surface area contributed by atoms with E-state index >= 15 is 0 Å². The maximum Gasteiger partial charge on any atom is 0.352 e. The SMILES string of the molecule is Nc1cc(N)nc(SC/C=C/C2=C(C(=O)O)N3C(=O)[C@@H](NC(=O)/C(=N/O[C@@H](C(=O)O)c4ccc([O-])c(O)c4)c4csc(N)n4)[C@H]3SC2)n1. The van der Waals surface area contributed by atoms with Crippen LogP contribution >= 0.6 is 34.9 Å². The van der Waals surface area contributed by atoms with Crippen molar-refractivity contribution in [3.05, 3.63) is 64.3 Å². The first-order valence-corrected chi connectivity index (χ1v) is 16.3. The molecule has 5 rings (SSSR count). The van der Waals surface area contributed by atoms with E-state index in [0.717, 1.165) is 34.4 Å². The molecule has 2 aliphatic heterocycles. The van der Waals surface area contributed by atoms with Gasteiger partial charge in [0.05, 0.1) is 0 Å². The van der Waals surface area contributed by atoms with E-state index in [1.807, 2.05) is 0 Å². The van der Waals surface area contributed by atoms with E-state index in [-0.39, 0.29) is 39.5 Å². The number of thiazole rings is 1. The van der Waals surface area contributed by atoms with Gasteiger partial charge in [-0.3, -0.25) is 14.5 Å². The topological polar surface area (TPSA) is 306 Å². The van der Waals surface area contributed by atoms with Crippen LogP contribution in [0.3, 0.4) is 0 Å². The summed E-state index contributed by atoms with van der Waals surface area (Å²) in [5.74, 6) is -5.13. The van der Waals surface area contributed by atoms with Gasteiger partial charge in [0.2, 0.25) is 6.10 Å². The molecule has 10 N–H and O–H groups in total. The fourth-order valence-electron chi connectivity index (χ4n) is 4.47. The zero-order chi connectivity index (χ0) is 34.7. The van der Waals surface area contributed by atoms with Crippen molar-refractivity contribution < 1.29 is 44.4 Å². The first-order valence-electron chi connectivity index (χ1n) is 13.4. The number of fused-ring (bicyclic) bond motifs is 1. The van der Waals surface area contributed by atoms with Crippen molar-refractivity contribution in [3.8, 4) is 11.5 Å². The molecule has 3 atom stereocenters. The number of β-lactam (4-membered cyclic amide) rings is 1. The van der Waals surface area contributed by atoms with E-state index < -0.39 is 58.5 Å². The highest BCUT2D eigenvalue weighted by atomic mass is 32.2. The zero-order valence-electron chi connectivity index (χ0n) is 24.2. The molecule has 21 heteroatoms. The Kier molecular flexibility index (Phi) is 9.91. The number of aliphatic carboxylic acids is 2. The normalized spacial score (nSPS) is 18.3. The Morgan fingerprint density at radius 1 is 1.19 bits per heavy atom. The van der Waals surface area contributed by atoms with Gasteiger partial charge < -0.3 is 47.8 Å². The number of carboxylic acid groups (broad SMARTS) is 2. The Bertz CT molecular complexity index is 1880. The van der Waals surface area contributed by atoms with Gasteiger partial charge in [-0.15, -0.1) is 23.1 Å². The average molecular weight is 715 g/mol. The zero-order valence-corrected chi connectivity index (χ0v) is 26.6. The summed E-state index contributed by atoms with van der Waals surface area (Å²) in [5, 5.41) is 48.1. The van der Waals surface area contributed by atoms with Gasteiger partial charge in [-0.1, -0.05) is 47.0 Å². The van der Waals surface area contributed by atoms with Crippen LogP contribution in [0.4, 0.5) is 16.8 Å². The number of aromatic hydroxyl groups is 1. The molecule has 0 radical (unpaired) electrons. The molecule has 250 valence electrons. The maximum absolute atomic E-state index is 13.4. The Balaban J connectivity index is 1.32. The van der Waals surface area contributed by atoms with E-state index in [9.17, 15) is 39.6 Å². The lowest BCUT2D eigenvalue weighted by Crippen LogP contribution is -2.71. The Hall–Kier alpha value is -5.54. The molecule has 0 saturated carbocycles. The van der Waals surface area contributed by atoms with Gasteiger partial charge in [0.15, 0.2) is 16.0 Å². The summed E-state index contributed by atoms with van der Waals surface area (Å²) < 4.78 is 0. The number of carboxylic acids is 2. The number of oxime groups is 1. The second kappa shape index (κ2) is 14.1. The molecule has 1 saturated heterocycles. The second-order valence-electron chi connectivity index (χ2n) is 9.82. The molecule has 2 amide bonds. The number of nitrogens with zero attached hydrogens (tertiary/aromatic N) is 5. The minimum Gasteiger partial charge on any atom is -0.870 e. The monoisotopic (exact) mass is 714 g/mol. The van der Waals surface area contributed by atoms with Crippen molar-refractivity contribution in [2.24, 2.45) is 5.16 Å². The third kappa shape index (κ3) is 7.21. The molecule has 0 spiro atoms. The van der Waals surface area contributed by atoms with Gasteiger partial charge in [-0.2, -0.15) is 0 Å². The highest BCUT2D eigenvalue weighted by Gasteiger charge is 2.54. The average Bonchev–Trinajstić information content (AvgIpc) is 3.45. The first-order chi connectivity index (χ1) is 22.8. The third-order valence-electron chi connectivity index (χ3n) is 6.60. The highest BCUT2D eigenvalue weighted by Crippen LogP contribution is 2.41. The molecule has 1 fully saturated rings. The Labute approximate surface area is 282 Å². The standard InChI is InChI=1S/C27H25N9O9S3/c28-15-7-16(29)33-27(32-15)46-5-1-2-11-8-47-23-18(22(40)36(23)19(11)24(41)42)34-21(39)17(12-9-48-26(30)31-12)35-45-20(25(43)44)10-3-4-13(37)14(38)6-10/h1-4,6-7,9,18,20,23,37-38H,5,8H2,(H2,30,31)(H,34,39)(H,41,42)(H,43,44)(H4,28,29,32,33)/p-1/b2-1+,35-17+/t18-,20-,23-/m1/s1. The lowest BCUT2D eigenvalue weighted by molar-refractivity contribution is -0.270. The molecule has 3 aromatic rings.